The molecule has 0 aliphatic carbocycles. The van der Waals surface area contributed by atoms with Crippen LogP contribution in [0.25, 0.3) is 32.0 Å². The maximum atomic E-state index is 6.53. The van der Waals surface area contributed by atoms with Crippen LogP contribution in [0.15, 0.2) is 46.4 Å². The molecule has 0 saturated heterocycles. The number of pyridine rings is 2. The topological polar surface area (TPSA) is 64.7 Å². The van der Waals surface area contributed by atoms with Crippen molar-refractivity contribution in [1.82, 2.24) is 15.0 Å². The number of nitrogens with zero attached hydrogens (tertiary/aromatic N) is 3. The molecule has 0 fully saturated rings. The summed E-state index contributed by atoms with van der Waals surface area (Å²) in [6.07, 6.45) is 7.82. The van der Waals surface area contributed by atoms with Gasteiger partial charge in [0, 0.05) is 40.5 Å². The normalized spacial score (nSPS) is 11.3. The molecule has 132 valence electrons. The van der Waals surface area contributed by atoms with Gasteiger partial charge < -0.3 is 5.73 Å². The highest BCUT2D eigenvalue weighted by Crippen LogP contribution is 2.45. The first-order chi connectivity index (χ1) is 12.8. The van der Waals surface area contributed by atoms with Gasteiger partial charge in [0.15, 0.2) is 0 Å². The smallest absolute Gasteiger partial charge is 0.127 e. The molecule has 0 spiro atoms. The zero-order valence-corrected chi connectivity index (χ0v) is 16.8. The number of nitrogens with two attached hydrogens (primary N) is 1. The summed E-state index contributed by atoms with van der Waals surface area (Å²) >= 11 is 5.13. The van der Waals surface area contributed by atoms with Crippen molar-refractivity contribution in [2.24, 2.45) is 0 Å². The van der Waals surface area contributed by atoms with Gasteiger partial charge in [0.2, 0.25) is 0 Å². The van der Waals surface area contributed by atoms with Gasteiger partial charge >= 0.3 is 0 Å². The third-order valence-corrected chi connectivity index (χ3v) is 7.29. The Morgan fingerprint density at radius 3 is 2.92 bits per heavy atom. The van der Waals surface area contributed by atoms with Crippen molar-refractivity contribution in [3.63, 3.8) is 0 Å². The van der Waals surface area contributed by atoms with E-state index in [0.29, 0.717) is 0 Å². The van der Waals surface area contributed by atoms with E-state index in [-0.39, 0.29) is 0 Å². The lowest BCUT2D eigenvalue weighted by Gasteiger charge is -2.06. The molecule has 4 nitrogen and oxygen atoms in total. The molecular weight excluding hydrogens is 380 g/mol. The van der Waals surface area contributed by atoms with Crippen molar-refractivity contribution in [1.29, 1.82) is 0 Å². The van der Waals surface area contributed by atoms with E-state index in [1.807, 2.05) is 41.7 Å². The highest BCUT2D eigenvalue weighted by atomic mass is 32.2. The largest absolute Gasteiger partial charge is 0.397 e. The molecule has 0 aliphatic heterocycles. The van der Waals surface area contributed by atoms with E-state index in [2.05, 4.69) is 23.0 Å². The van der Waals surface area contributed by atoms with Gasteiger partial charge in [0.1, 0.15) is 9.84 Å². The number of hydrogen-bond acceptors (Lipinski definition) is 7. The molecule has 2 N–H and O–H groups in total. The first-order valence-electron chi connectivity index (χ1n) is 8.44. The molecule has 4 aromatic heterocycles. The number of thiophene rings is 1. The number of hydrogen-bond donors (Lipinski definition) is 1. The second-order valence-electron chi connectivity index (χ2n) is 5.82. The molecule has 4 aromatic rings. The van der Waals surface area contributed by atoms with Gasteiger partial charge in [0.25, 0.3) is 0 Å². The molecule has 0 unspecified atom stereocenters. The average Bonchev–Trinajstić information content (AvgIpc) is 3.31. The number of thioether (sulfide) groups is 1. The summed E-state index contributed by atoms with van der Waals surface area (Å²) in [5.74, 6) is 1.08. The van der Waals surface area contributed by atoms with Crippen LogP contribution in [0.2, 0.25) is 0 Å². The van der Waals surface area contributed by atoms with Crippen LogP contribution in [0.5, 0.6) is 0 Å². The molecule has 0 amide bonds. The Morgan fingerprint density at radius 2 is 2.19 bits per heavy atom. The Hall–Kier alpha value is -1.96. The lowest BCUT2D eigenvalue weighted by Crippen LogP contribution is -1.91. The van der Waals surface area contributed by atoms with Crippen LogP contribution >= 0.6 is 34.4 Å². The first-order valence-corrected chi connectivity index (χ1v) is 11.1. The number of rotatable bonds is 6. The number of fused-ring (bicyclic) bond motifs is 1. The van der Waals surface area contributed by atoms with Gasteiger partial charge in [-0.3, -0.25) is 4.98 Å². The Kier molecular flexibility index (Phi) is 5.19. The maximum absolute atomic E-state index is 6.53. The first kappa shape index (κ1) is 17.5. The highest BCUT2D eigenvalue weighted by Gasteiger charge is 2.19. The minimum absolute atomic E-state index is 0.835. The summed E-state index contributed by atoms with van der Waals surface area (Å²) in [5, 5.41) is 3.99. The van der Waals surface area contributed by atoms with Gasteiger partial charge in [0.05, 0.1) is 15.6 Å². The average molecular weight is 399 g/mol. The van der Waals surface area contributed by atoms with Crippen molar-refractivity contribution in [3.8, 4) is 21.8 Å². The molecule has 0 saturated carbocycles. The Morgan fingerprint density at radius 1 is 1.27 bits per heavy atom. The van der Waals surface area contributed by atoms with Crippen molar-refractivity contribution < 1.29 is 0 Å². The lowest BCUT2D eigenvalue weighted by atomic mass is 10.1. The fraction of sp³-hybridized carbons (Fsp3) is 0.211. The van der Waals surface area contributed by atoms with Crippen LogP contribution in [0.1, 0.15) is 19.8 Å². The molecular formula is C19H18N4S3. The van der Waals surface area contributed by atoms with Gasteiger partial charge in [-0.1, -0.05) is 13.3 Å². The van der Waals surface area contributed by atoms with Crippen LogP contribution in [-0.4, -0.2) is 20.7 Å². The van der Waals surface area contributed by atoms with Crippen molar-refractivity contribution >= 4 is 50.3 Å². The van der Waals surface area contributed by atoms with Crippen molar-refractivity contribution in [2.75, 3.05) is 11.5 Å². The second kappa shape index (κ2) is 7.73. The summed E-state index contributed by atoms with van der Waals surface area (Å²) in [4.78, 5) is 14.6. The molecule has 0 atom stereocenters. The van der Waals surface area contributed by atoms with E-state index < -0.39 is 0 Å². The zero-order chi connectivity index (χ0) is 17.9. The van der Waals surface area contributed by atoms with Crippen LogP contribution in [0.3, 0.4) is 0 Å². The standard InChI is InChI=1S/C19H18N4S3/c1-2-3-8-25-19-16(20)15-13(17-22-7-9-24-17)10-14(23-18(15)26-19)12-5-4-6-21-11-12/h4-7,9-11H,2-3,8,20H2,1H3. The fourth-order valence-corrected chi connectivity index (χ4v) is 5.82. The van der Waals surface area contributed by atoms with E-state index in [4.69, 9.17) is 10.7 Å². The molecule has 4 heterocycles. The monoisotopic (exact) mass is 398 g/mol. The minimum atomic E-state index is 0.835. The van der Waals surface area contributed by atoms with Crippen molar-refractivity contribution in [2.45, 2.75) is 24.0 Å². The predicted octanol–water partition coefficient (Wildman–Crippen LogP) is 5.96. The number of unbranched alkanes of at least 4 members (excludes halogenated alkanes) is 1. The predicted molar refractivity (Wildman–Crippen MR) is 114 cm³/mol. The Labute approximate surface area is 164 Å². The fourth-order valence-electron chi connectivity index (χ4n) is 2.70. The molecule has 26 heavy (non-hydrogen) atoms. The lowest BCUT2D eigenvalue weighted by molar-refractivity contribution is 0.897. The molecule has 0 radical (unpaired) electrons. The van der Waals surface area contributed by atoms with Crippen LogP contribution in [0.4, 0.5) is 5.69 Å². The second-order valence-corrected chi connectivity index (χ2v) is 9.08. The molecule has 0 aromatic carbocycles. The Bertz CT molecular complexity index is 1010. The quantitative estimate of drug-likeness (QED) is 0.321. The van der Waals surface area contributed by atoms with E-state index in [0.717, 1.165) is 47.7 Å². The number of nitrogen functional groups attached to an aromatic ring is 1. The summed E-state index contributed by atoms with van der Waals surface area (Å²) in [6, 6.07) is 6.04. The van der Waals surface area contributed by atoms with E-state index in [9.17, 15) is 0 Å². The Balaban J connectivity index is 1.89. The van der Waals surface area contributed by atoms with Gasteiger partial charge in [-0.15, -0.1) is 34.4 Å². The van der Waals surface area contributed by atoms with Crippen LogP contribution in [0, 0.1) is 0 Å². The van der Waals surface area contributed by atoms with Gasteiger partial charge in [-0.05, 0) is 30.4 Å². The van der Waals surface area contributed by atoms with E-state index in [1.54, 1.807) is 28.9 Å². The molecule has 0 aliphatic rings. The summed E-state index contributed by atoms with van der Waals surface area (Å²) < 4.78 is 1.15. The minimum Gasteiger partial charge on any atom is -0.397 e. The summed E-state index contributed by atoms with van der Waals surface area (Å²) in [5.41, 5.74) is 10.3. The molecule has 0 bridgehead atoms. The van der Waals surface area contributed by atoms with Gasteiger partial charge in [-0.2, -0.15) is 0 Å². The third-order valence-electron chi connectivity index (χ3n) is 4.02. The SMILES string of the molecule is CCCCSc1sc2nc(-c3cccnc3)cc(-c3nccs3)c2c1N. The van der Waals surface area contributed by atoms with Crippen LogP contribution < -0.4 is 5.73 Å². The number of aromatic nitrogens is 3. The van der Waals surface area contributed by atoms with Gasteiger partial charge in [-0.25, -0.2) is 9.97 Å². The maximum Gasteiger partial charge on any atom is 0.127 e. The zero-order valence-electron chi connectivity index (χ0n) is 14.3. The highest BCUT2D eigenvalue weighted by molar-refractivity contribution is 8.01. The van der Waals surface area contributed by atoms with E-state index >= 15 is 0 Å². The third kappa shape index (κ3) is 3.34. The summed E-state index contributed by atoms with van der Waals surface area (Å²) in [6.45, 7) is 2.21. The van der Waals surface area contributed by atoms with Crippen molar-refractivity contribution in [3.05, 3.63) is 42.2 Å². The molecule has 4 rings (SSSR count). The molecule has 7 heteroatoms. The van der Waals surface area contributed by atoms with E-state index in [1.165, 1.54) is 12.8 Å². The number of thiazole rings is 1. The number of anilines is 1. The van der Waals surface area contributed by atoms with Crippen LogP contribution in [-0.2, 0) is 0 Å². The summed E-state index contributed by atoms with van der Waals surface area (Å²) in [7, 11) is 0.